The first-order chi connectivity index (χ1) is 8.04. The maximum absolute atomic E-state index is 12.2. The minimum atomic E-state index is -2.47. The van der Waals surface area contributed by atoms with Crippen molar-refractivity contribution in [2.24, 2.45) is 5.73 Å². The van der Waals surface area contributed by atoms with Gasteiger partial charge in [0.2, 0.25) is 0 Å². The Morgan fingerprint density at radius 3 is 2.35 bits per heavy atom. The number of nitrogens with two attached hydrogens (primary N) is 1. The molecule has 2 atom stereocenters. The summed E-state index contributed by atoms with van der Waals surface area (Å²) in [5, 5.41) is 0. The van der Waals surface area contributed by atoms with E-state index in [1.807, 2.05) is 31.2 Å². The van der Waals surface area contributed by atoms with Crippen molar-refractivity contribution in [3.05, 3.63) is 34.3 Å². The molecular weight excluding hydrogens is 292 g/mol. The molecule has 0 fully saturated rings. The summed E-state index contributed by atoms with van der Waals surface area (Å²) in [4.78, 5) is 0. The number of hydrogen-bond donors (Lipinski definition) is 1. The average Bonchev–Trinajstić information content (AvgIpc) is 2.30. The first-order valence-corrected chi connectivity index (χ1v) is 6.24. The highest BCUT2D eigenvalue weighted by Crippen LogP contribution is 2.24. The fourth-order valence-corrected chi connectivity index (χ4v) is 1.77. The van der Waals surface area contributed by atoms with E-state index in [1.54, 1.807) is 0 Å². The monoisotopic (exact) mass is 307 g/mol. The molecule has 0 radical (unpaired) electrons. The molecule has 1 rings (SSSR count). The number of halogens is 3. The third-order valence-corrected chi connectivity index (χ3v) is 2.99. The van der Waals surface area contributed by atoms with Crippen LogP contribution >= 0.6 is 15.9 Å². The zero-order valence-corrected chi connectivity index (χ0v) is 11.2. The highest BCUT2D eigenvalue weighted by molar-refractivity contribution is 9.10. The zero-order chi connectivity index (χ0) is 12.8. The normalized spacial score (nSPS) is 14.9. The van der Waals surface area contributed by atoms with Crippen molar-refractivity contribution >= 4 is 15.9 Å². The number of ether oxygens (including phenoxy) is 1. The van der Waals surface area contributed by atoms with E-state index < -0.39 is 19.1 Å². The SMILES string of the molecule is CCC(N)C(OCC(F)F)c1ccc(Br)cc1. The minimum Gasteiger partial charge on any atom is -0.366 e. The predicted octanol–water partition coefficient (Wildman–Crippen LogP) is 3.51. The Morgan fingerprint density at radius 2 is 1.88 bits per heavy atom. The van der Waals surface area contributed by atoms with Crippen molar-refractivity contribution in [1.82, 2.24) is 0 Å². The second kappa shape index (κ2) is 7.03. The summed E-state index contributed by atoms with van der Waals surface area (Å²) in [5.74, 6) is 0. The molecule has 2 nitrogen and oxygen atoms in total. The van der Waals surface area contributed by atoms with Crippen molar-refractivity contribution < 1.29 is 13.5 Å². The van der Waals surface area contributed by atoms with E-state index in [0.717, 1.165) is 10.0 Å². The van der Waals surface area contributed by atoms with Crippen LogP contribution in [0.25, 0.3) is 0 Å². The second-order valence-corrected chi connectivity index (χ2v) is 4.68. The summed E-state index contributed by atoms with van der Waals surface area (Å²) < 4.78 is 30.5. The third-order valence-electron chi connectivity index (χ3n) is 2.46. The standard InChI is InChI=1S/C12H16BrF2NO/c1-2-10(16)12(17-7-11(14)15)8-3-5-9(13)6-4-8/h3-6,10-12H,2,7,16H2,1H3. The molecule has 0 saturated carbocycles. The van der Waals surface area contributed by atoms with Crippen LogP contribution in [0.3, 0.4) is 0 Å². The molecule has 5 heteroatoms. The molecule has 0 bridgehead atoms. The van der Waals surface area contributed by atoms with Crippen LogP contribution in [0.15, 0.2) is 28.7 Å². The van der Waals surface area contributed by atoms with Crippen molar-refractivity contribution in [2.45, 2.75) is 31.9 Å². The Hall–Kier alpha value is -0.520. The second-order valence-electron chi connectivity index (χ2n) is 3.77. The molecule has 0 aliphatic heterocycles. The van der Waals surface area contributed by atoms with E-state index in [1.165, 1.54) is 0 Å². The average molecular weight is 308 g/mol. The van der Waals surface area contributed by atoms with Crippen LogP contribution in [0.1, 0.15) is 25.0 Å². The molecular formula is C12H16BrF2NO. The molecule has 17 heavy (non-hydrogen) atoms. The largest absolute Gasteiger partial charge is 0.366 e. The quantitative estimate of drug-likeness (QED) is 0.873. The lowest BCUT2D eigenvalue weighted by atomic mass is 10.0. The van der Waals surface area contributed by atoms with Gasteiger partial charge in [0.05, 0.1) is 6.10 Å². The summed E-state index contributed by atoms with van der Waals surface area (Å²) in [6.07, 6.45) is -2.29. The molecule has 96 valence electrons. The summed E-state index contributed by atoms with van der Waals surface area (Å²) in [6, 6.07) is 7.06. The van der Waals surface area contributed by atoms with Crippen LogP contribution in [-0.2, 0) is 4.74 Å². The highest BCUT2D eigenvalue weighted by atomic mass is 79.9. The van der Waals surface area contributed by atoms with Gasteiger partial charge >= 0.3 is 0 Å². The van der Waals surface area contributed by atoms with Crippen LogP contribution in [0.5, 0.6) is 0 Å². The Bertz CT molecular complexity index is 332. The van der Waals surface area contributed by atoms with Crippen molar-refractivity contribution in [3.8, 4) is 0 Å². The predicted molar refractivity (Wildman–Crippen MR) is 67.1 cm³/mol. The summed E-state index contributed by atoms with van der Waals surface area (Å²) in [5.41, 5.74) is 6.71. The fraction of sp³-hybridized carbons (Fsp3) is 0.500. The molecule has 2 N–H and O–H groups in total. The van der Waals surface area contributed by atoms with Gasteiger partial charge in [-0.1, -0.05) is 35.0 Å². The number of hydrogen-bond acceptors (Lipinski definition) is 2. The van der Waals surface area contributed by atoms with Gasteiger partial charge in [0, 0.05) is 10.5 Å². The molecule has 1 aromatic rings. The molecule has 0 amide bonds. The summed E-state index contributed by atoms with van der Waals surface area (Å²) >= 11 is 3.32. The Morgan fingerprint density at radius 1 is 1.29 bits per heavy atom. The highest BCUT2D eigenvalue weighted by Gasteiger charge is 2.20. The van der Waals surface area contributed by atoms with E-state index >= 15 is 0 Å². The van der Waals surface area contributed by atoms with Gasteiger partial charge in [-0.2, -0.15) is 0 Å². The van der Waals surface area contributed by atoms with Crippen LogP contribution < -0.4 is 5.73 Å². The number of rotatable bonds is 6. The van der Waals surface area contributed by atoms with Gasteiger partial charge in [-0.05, 0) is 24.1 Å². The van der Waals surface area contributed by atoms with Gasteiger partial charge in [0.15, 0.2) is 0 Å². The molecule has 0 spiro atoms. The van der Waals surface area contributed by atoms with E-state index in [-0.39, 0.29) is 6.04 Å². The summed E-state index contributed by atoms with van der Waals surface area (Å²) in [6.45, 7) is 1.32. The Balaban J connectivity index is 2.78. The minimum absolute atomic E-state index is 0.282. The van der Waals surface area contributed by atoms with Gasteiger partial charge in [-0.25, -0.2) is 8.78 Å². The first kappa shape index (κ1) is 14.5. The van der Waals surface area contributed by atoms with E-state index in [2.05, 4.69) is 15.9 Å². The summed E-state index contributed by atoms with van der Waals surface area (Å²) in [7, 11) is 0. The number of benzene rings is 1. The third kappa shape index (κ3) is 4.69. The maximum atomic E-state index is 12.2. The van der Waals surface area contributed by atoms with E-state index in [0.29, 0.717) is 6.42 Å². The molecule has 1 aromatic carbocycles. The maximum Gasteiger partial charge on any atom is 0.261 e. The Labute approximate surface area is 108 Å². The fourth-order valence-electron chi connectivity index (χ4n) is 1.51. The molecule has 0 aromatic heterocycles. The van der Waals surface area contributed by atoms with Gasteiger partial charge in [-0.3, -0.25) is 0 Å². The molecule has 0 aliphatic rings. The lowest BCUT2D eigenvalue weighted by Crippen LogP contribution is -2.30. The van der Waals surface area contributed by atoms with E-state index in [9.17, 15) is 8.78 Å². The topological polar surface area (TPSA) is 35.2 Å². The van der Waals surface area contributed by atoms with Crippen molar-refractivity contribution in [3.63, 3.8) is 0 Å². The lowest BCUT2D eigenvalue weighted by molar-refractivity contribution is -0.0351. The zero-order valence-electron chi connectivity index (χ0n) is 9.58. The van der Waals surface area contributed by atoms with Gasteiger partial charge in [0.1, 0.15) is 6.61 Å². The van der Waals surface area contributed by atoms with Gasteiger partial charge in [-0.15, -0.1) is 0 Å². The van der Waals surface area contributed by atoms with E-state index in [4.69, 9.17) is 10.5 Å². The van der Waals surface area contributed by atoms with Crippen LogP contribution in [-0.4, -0.2) is 19.1 Å². The van der Waals surface area contributed by atoms with Crippen molar-refractivity contribution in [2.75, 3.05) is 6.61 Å². The van der Waals surface area contributed by atoms with Gasteiger partial charge in [0.25, 0.3) is 6.43 Å². The molecule has 2 unspecified atom stereocenters. The Kier molecular flexibility index (Phi) is 6.02. The first-order valence-electron chi connectivity index (χ1n) is 5.45. The lowest BCUT2D eigenvalue weighted by Gasteiger charge is -2.23. The van der Waals surface area contributed by atoms with Crippen LogP contribution in [0, 0.1) is 0 Å². The van der Waals surface area contributed by atoms with Crippen LogP contribution in [0.4, 0.5) is 8.78 Å². The van der Waals surface area contributed by atoms with Crippen molar-refractivity contribution in [1.29, 1.82) is 0 Å². The molecule has 0 heterocycles. The molecule has 0 saturated heterocycles. The number of alkyl halides is 2. The smallest absolute Gasteiger partial charge is 0.261 e. The molecule has 0 aliphatic carbocycles. The van der Waals surface area contributed by atoms with Gasteiger partial charge < -0.3 is 10.5 Å². The van der Waals surface area contributed by atoms with Crippen LogP contribution in [0.2, 0.25) is 0 Å².